The van der Waals surface area contributed by atoms with Crippen molar-refractivity contribution in [2.24, 2.45) is 0 Å². The maximum Gasteiger partial charge on any atom is 0.333 e. The first-order valence-electron chi connectivity index (χ1n) is 6.67. The molecule has 1 fully saturated rings. The highest BCUT2D eigenvalue weighted by atomic mass is 35.5. The van der Waals surface area contributed by atoms with Gasteiger partial charge < -0.3 is 10.4 Å². The average Bonchev–Trinajstić information content (AvgIpc) is 2.80. The molecule has 0 radical (unpaired) electrons. The van der Waals surface area contributed by atoms with Gasteiger partial charge in [0.25, 0.3) is 5.91 Å². The molecule has 24 heavy (non-hydrogen) atoms. The number of urea groups is 1. The zero-order valence-electron chi connectivity index (χ0n) is 11.9. The molecule has 2 aromatic carbocycles. The number of carbonyl (C=O) groups is 2. The Morgan fingerprint density at radius 1 is 1.00 bits per heavy atom. The second-order valence-electron chi connectivity index (χ2n) is 4.94. The van der Waals surface area contributed by atoms with Crippen LogP contribution in [0, 0.1) is 0 Å². The molecule has 0 unspecified atom stereocenters. The molecule has 0 spiro atoms. The summed E-state index contributed by atoms with van der Waals surface area (Å²) < 4.78 is 0. The molecule has 1 heterocycles. The number of halogens is 3. The number of anilines is 1. The van der Waals surface area contributed by atoms with Gasteiger partial charge >= 0.3 is 6.03 Å². The van der Waals surface area contributed by atoms with Crippen molar-refractivity contribution in [3.05, 3.63) is 62.7 Å². The molecular weight excluding hydrogens is 375 g/mol. The van der Waals surface area contributed by atoms with Crippen LogP contribution in [0.2, 0.25) is 15.1 Å². The van der Waals surface area contributed by atoms with E-state index in [4.69, 9.17) is 34.8 Å². The number of phenolic OH excluding ortho intramolecular Hbond substituents is 1. The van der Waals surface area contributed by atoms with Crippen molar-refractivity contribution in [3.63, 3.8) is 0 Å². The molecule has 0 aromatic heterocycles. The molecule has 0 bridgehead atoms. The molecule has 122 valence electrons. The zero-order valence-corrected chi connectivity index (χ0v) is 14.2. The van der Waals surface area contributed by atoms with Crippen LogP contribution in [-0.4, -0.2) is 17.0 Å². The third kappa shape index (κ3) is 3.06. The minimum absolute atomic E-state index is 0.0423. The number of nitrogens with zero attached hydrogens (tertiary/aromatic N) is 1. The van der Waals surface area contributed by atoms with Crippen LogP contribution in [0.3, 0.4) is 0 Å². The van der Waals surface area contributed by atoms with Crippen molar-refractivity contribution in [3.8, 4) is 5.75 Å². The molecule has 1 aliphatic heterocycles. The van der Waals surface area contributed by atoms with E-state index >= 15 is 0 Å². The monoisotopic (exact) mass is 382 g/mol. The van der Waals surface area contributed by atoms with Gasteiger partial charge in [-0.05, 0) is 48.0 Å². The minimum Gasteiger partial charge on any atom is -0.505 e. The molecule has 0 saturated carbocycles. The number of hydrogen-bond acceptors (Lipinski definition) is 3. The fourth-order valence-corrected chi connectivity index (χ4v) is 2.82. The van der Waals surface area contributed by atoms with E-state index in [-0.39, 0.29) is 21.5 Å². The summed E-state index contributed by atoms with van der Waals surface area (Å²) in [6.07, 6.45) is 1.42. The minimum atomic E-state index is -0.579. The lowest BCUT2D eigenvalue weighted by atomic mass is 10.1. The van der Waals surface area contributed by atoms with Crippen molar-refractivity contribution in [1.82, 2.24) is 5.32 Å². The van der Waals surface area contributed by atoms with Gasteiger partial charge in [0.2, 0.25) is 0 Å². The Labute approximate surface area is 152 Å². The topological polar surface area (TPSA) is 69.6 Å². The lowest BCUT2D eigenvalue weighted by molar-refractivity contribution is -0.113. The summed E-state index contributed by atoms with van der Waals surface area (Å²) >= 11 is 17.5. The van der Waals surface area contributed by atoms with Crippen molar-refractivity contribution < 1.29 is 14.7 Å². The molecule has 5 nitrogen and oxygen atoms in total. The molecule has 2 aromatic rings. The summed E-state index contributed by atoms with van der Waals surface area (Å²) in [6, 6.07) is 8.58. The van der Waals surface area contributed by atoms with E-state index in [1.165, 1.54) is 18.2 Å². The van der Waals surface area contributed by atoms with Crippen LogP contribution in [0.4, 0.5) is 10.5 Å². The third-order valence-corrected chi connectivity index (χ3v) is 4.14. The van der Waals surface area contributed by atoms with E-state index in [0.29, 0.717) is 16.3 Å². The number of hydrogen-bond donors (Lipinski definition) is 2. The second-order valence-corrected chi connectivity index (χ2v) is 6.19. The van der Waals surface area contributed by atoms with Gasteiger partial charge in [-0.15, -0.1) is 0 Å². The van der Waals surface area contributed by atoms with E-state index in [1.807, 2.05) is 0 Å². The molecule has 0 atom stereocenters. The highest BCUT2D eigenvalue weighted by molar-refractivity contribution is 6.37. The molecule has 8 heteroatoms. The average molecular weight is 384 g/mol. The van der Waals surface area contributed by atoms with E-state index in [0.717, 1.165) is 4.90 Å². The number of carbonyl (C=O) groups excluding carboxylic acids is 2. The maximum absolute atomic E-state index is 12.5. The van der Waals surface area contributed by atoms with E-state index in [9.17, 15) is 14.7 Å². The smallest absolute Gasteiger partial charge is 0.333 e. The van der Waals surface area contributed by atoms with E-state index in [2.05, 4.69) is 5.32 Å². The number of phenols is 1. The number of benzene rings is 2. The number of aromatic hydroxyl groups is 1. The van der Waals surface area contributed by atoms with Crippen LogP contribution < -0.4 is 10.2 Å². The van der Waals surface area contributed by atoms with Crippen molar-refractivity contribution in [2.45, 2.75) is 0 Å². The summed E-state index contributed by atoms with van der Waals surface area (Å²) in [7, 11) is 0. The summed E-state index contributed by atoms with van der Waals surface area (Å²) in [6.45, 7) is 0. The Kier molecular flexibility index (Phi) is 4.41. The van der Waals surface area contributed by atoms with Crippen LogP contribution >= 0.6 is 34.8 Å². The number of imide groups is 1. The maximum atomic E-state index is 12.5. The Morgan fingerprint density at radius 2 is 1.58 bits per heavy atom. The van der Waals surface area contributed by atoms with Crippen molar-refractivity contribution in [1.29, 1.82) is 0 Å². The summed E-state index contributed by atoms with van der Waals surface area (Å²) in [5, 5.41) is 12.6. The quantitative estimate of drug-likeness (QED) is 0.594. The molecule has 2 N–H and O–H groups in total. The number of rotatable bonds is 2. The van der Waals surface area contributed by atoms with Gasteiger partial charge in [-0.3, -0.25) is 4.79 Å². The Bertz CT molecular complexity index is 856. The predicted octanol–water partition coefficient (Wildman–Crippen LogP) is 4.45. The fraction of sp³-hybridized carbons (Fsp3) is 0. The van der Waals surface area contributed by atoms with Gasteiger partial charge in [0.05, 0.1) is 15.7 Å². The van der Waals surface area contributed by atoms with Gasteiger partial charge in [0, 0.05) is 5.02 Å². The molecular formula is C16H9Cl3N2O3. The lowest BCUT2D eigenvalue weighted by Gasteiger charge is -2.11. The SMILES string of the molecule is O=C1NC(=Cc2cc(Cl)c(O)c(Cl)c2)C(=O)N1c1ccc(Cl)cc1. The van der Waals surface area contributed by atoms with Crippen molar-refractivity contribution in [2.75, 3.05) is 4.90 Å². The highest BCUT2D eigenvalue weighted by Gasteiger charge is 2.34. The van der Waals surface area contributed by atoms with Gasteiger partial charge in [0.1, 0.15) is 5.70 Å². The number of amides is 3. The molecule has 3 rings (SSSR count). The Morgan fingerprint density at radius 3 is 2.17 bits per heavy atom. The Hall–Kier alpha value is -2.21. The standard InChI is InChI=1S/C16H9Cl3N2O3/c17-9-1-3-10(4-2-9)21-15(23)13(20-16(21)24)7-8-5-11(18)14(22)12(19)6-8/h1-7,22H,(H,20,24). The fourth-order valence-electron chi connectivity index (χ4n) is 2.19. The van der Waals surface area contributed by atoms with Gasteiger partial charge in [0.15, 0.2) is 5.75 Å². The molecule has 1 saturated heterocycles. The predicted molar refractivity (Wildman–Crippen MR) is 93.6 cm³/mol. The summed E-state index contributed by atoms with van der Waals surface area (Å²) in [5.74, 6) is -0.771. The van der Waals surface area contributed by atoms with E-state index in [1.54, 1.807) is 24.3 Å². The normalized spacial score (nSPS) is 16.0. The van der Waals surface area contributed by atoms with Crippen LogP contribution in [0.15, 0.2) is 42.1 Å². The van der Waals surface area contributed by atoms with Gasteiger partial charge in [-0.1, -0.05) is 34.8 Å². The summed E-state index contributed by atoms with van der Waals surface area (Å²) in [5.41, 5.74) is 0.921. The van der Waals surface area contributed by atoms with E-state index < -0.39 is 11.9 Å². The highest BCUT2D eigenvalue weighted by Crippen LogP contribution is 2.33. The first-order chi connectivity index (χ1) is 11.4. The first kappa shape index (κ1) is 16.6. The molecule has 0 aliphatic carbocycles. The summed E-state index contributed by atoms with van der Waals surface area (Å²) in [4.78, 5) is 25.5. The van der Waals surface area contributed by atoms with Crippen LogP contribution in [0.25, 0.3) is 6.08 Å². The lowest BCUT2D eigenvalue weighted by Crippen LogP contribution is -2.30. The van der Waals surface area contributed by atoms with Crippen molar-refractivity contribution >= 4 is 58.5 Å². The molecule has 3 amide bonds. The van der Waals surface area contributed by atoms with Gasteiger partial charge in [-0.25, -0.2) is 9.69 Å². The van der Waals surface area contributed by atoms with Crippen LogP contribution in [-0.2, 0) is 4.79 Å². The van der Waals surface area contributed by atoms with Crippen LogP contribution in [0.5, 0.6) is 5.75 Å². The molecule has 1 aliphatic rings. The van der Waals surface area contributed by atoms with Crippen LogP contribution in [0.1, 0.15) is 5.56 Å². The number of nitrogens with one attached hydrogen (secondary N) is 1. The largest absolute Gasteiger partial charge is 0.505 e. The first-order valence-corrected chi connectivity index (χ1v) is 7.81. The third-order valence-electron chi connectivity index (χ3n) is 3.31. The zero-order chi connectivity index (χ0) is 17.4. The Balaban J connectivity index is 1.95. The second kappa shape index (κ2) is 6.36. The van der Waals surface area contributed by atoms with Gasteiger partial charge in [-0.2, -0.15) is 0 Å².